The molecule has 0 amide bonds. The van der Waals surface area contributed by atoms with E-state index in [1.807, 2.05) is 43.1 Å². The zero-order valence-electron chi connectivity index (χ0n) is 9.05. The molecule has 82 valence electrons. The lowest BCUT2D eigenvalue weighted by atomic mass is 10.2. The van der Waals surface area contributed by atoms with Crippen molar-refractivity contribution >= 4 is 23.1 Å². The first-order chi connectivity index (χ1) is 7.66. The minimum absolute atomic E-state index is 0.150. The maximum Gasteiger partial charge on any atom is 0.244 e. The molecule has 0 fully saturated rings. The maximum absolute atomic E-state index is 5.69. The summed E-state index contributed by atoms with van der Waals surface area (Å²) in [6, 6.07) is 8.13. The van der Waals surface area contributed by atoms with E-state index in [1.54, 1.807) is 6.20 Å². The van der Waals surface area contributed by atoms with Crippen LogP contribution in [-0.2, 0) is 0 Å². The molecule has 2 rings (SSSR count). The molecule has 1 aromatic heterocycles. The number of rotatable bonds is 2. The average molecular weight is 235 g/mol. The Morgan fingerprint density at radius 2 is 1.88 bits per heavy atom. The first-order valence-electron chi connectivity index (χ1n) is 4.82. The molecule has 16 heavy (non-hydrogen) atoms. The van der Waals surface area contributed by atoms with Gasteiger partial charge in [0.2, 0.25) is 5.28 Å². The molecule has 5 heteroatoms. The van der Waals surface area contributed by atoms with Gasteiger partial charge in [0.25, 0.3) is 0 Å². The van der Waals surface area contributed by atoms with Gasteiger partial charge in [0, 0.05) is 12.7 Å². The highest BCUT2D eigenvalue weighted by atomic mass is 35.5. The van der Waals surface area contributed by atoms with Gasteiger partial charge < -0.3 is 4.90 Å². The predicted molar refractivity (Wildman–Crippen MR) is 64.1 cm³/mol. The Kier molecular flexibility index (Phi) is 3.01. The van der Waals surface area contributed by atoms with E-state index in [2.05, 4.69) is 15.2 Å². The van der Waals surface area contributed by atoms with Crippen LogP contribution in [0.25, 0.3) is 0 Å². The van der Waals surface area contributed by atoms with E-state index in [1.165, 1.54) is 5.56 Å². The largest absolute Gasteiger partial charge is 0.328 e. The first-order valence-corrected chi connectivity index (χ1v) is 5.20. The van der Waals surface area contributed by atoms with E-state index in [9.17, 15) is 0 Å². The molecule has 0 aliphatic rings. The molecule has 0 unspecified atom stereocenters. The second kappa shape index (κ2) is 4.45. The van der Waals surface area contributed by atoms with Crippen molar-refractivity contribution in [2.45, 2.75) is 6.92 Å². The summed E-state index contributed by atoms with van der Waals surface area (Å²) in [5.74, 6) is 0.670. The fourth-order valence-corrected chi connectivity index (χ4v) is 1.47. The second-order valence-electron chi connectivity index (χ2n) is 3.48. The fraction of sp³-hybridized carbons (Fsp3) is 0.182. The smallest absolute Gasteiger partial charge is 0.244 e. The van der Waals surface area contributed by atoms with E-state index in [4.69, 9.17) is 11.6 Å². The van der Waals surface area contributed by atoms with Crippen molar-refractivity contribution in [3.05, 3.63) is 41.3 Å². The van der Waals surface area contributed by atoms with E-state index >= 15 is 0 Å². The van der Waals surface area contributed by atoms with E-state index in [-0.39, 0.29) is 5.28 Å². The lowest BCUT2D eigenvalue weighted by molar-refractivity contribution is 0.949. The van der Waals surface area contributed by atoms with Gasteiger partial charge in [-0.05, 0) is 30.7 Å². The van der Waals surface area contributed by atoms with Crippen molar-refractivity contribution in [1.29, 1.82) is 0 Å². The number of anilines is 2. The standard InChI is InChI=1S/C11H11ClN4/c1-8-3-5-9(6-4-8)16(2)10-7-13-15-11(12)14-10/h3-7H,1-2H3. The van der Waals surface area contributed by atoms with Gasteiger partial charge in [-0.25, -0.2) is 0 Å². The summed E-state index contributed by atoms with van der Waals surface area (Å²) >= 11 is 5.69. The van der Waals surface area contributed by atoms with Gasteiger partial charge in [0.1, 0.15) is 0 Å². The van der Waals surface area contributed by atoms with E-state index < -0.39 is 0 Å². The Hall–Kier alpha value is -1.68. The van der Waals surface area contributed by atoms with Crippen LogP contribution in [-0.4, -0.2) is 22.2 Å². The number of aryl methyl sites for hydroxylation is 1. The lowest BCUT2D eigenvalue weighted by Crippen LogP contribution is -2.12. The molecule has 0 atom stereocenters. The Bertz CT molecular complexity index is 484. The Balaban J connectivity index is 2.31. The molecule has 1 heterocycles. The van der Waals surface area contributed by atoms with E-state index in [0.717, 1.165) is 5.69 Å². The summed E-state index contributed by atoms with van der Waals surface area (Å²) in [5, 5.41) is 7.52. The summed E-state index contributed by atoms with van der Waals surface area (Å²) in [4.78, 5) is 5.99. The summed E-state index contributed by atoms with van der Waals surface area (Å²) in [7, 11) is 1.91. The molecule has 0 saturated carbocycles. The highest BCUT2D eigenvalue weighted by Gasteiger charge is 2.06. The van der Waals surface area contributed by atoms with Crippen LogP contribution < -0.4 is 4.90 Å². The third kappa shape index (κ3) is 2.28. The van der Waals surface area contributed by atoms with Crippen LogP contribution in [0.5, 0.6) is 0 Å². The third-order valence-corrected chi connectivity index (χ3v) is 2.45. The normalized spacial score (nSPS) is 10.2. The van der Waals surface area contributed by atoms with Crippen molar-refractivity contribution in [1.82, 2.24) is 15.2 Å². The van der Waals surface area contributed by atoms with Gasteiger partial charge in [0.15, 0.2) is 5.82 Å². The molecule has 0 aliphatic carbocycles. The Morgan fingerprint density at radius 1 is 1.19 bits per heavy atom. The predicted octanol–water partition coefficient (Wildman–Crippen LogP) is 2.60. The number of benzene rings is 1. The van der Waals surface area contributed by atoms with Gasteiger partial charge in [-0.2, -0.15) is 10.1 Å². The number of aromatic nitrogens is 3. The highest BCUT2D eigenvalue weighted by Crippen LogP contribution is 2.21. The van der Waals surface area contributed by atoms with Crippen LogP contribution in [0.4, 0.5) is 11.5 Å². The summed E-state index contributed by atoms with van der Waals surface area (Å²) in [6.07, 6.45) is 1.58. The zero-order valence-corrected chi connectivity index (χ0v) is 9.81. The van der Waals surface area contributed by atoms with Crippen molar-refractivity contribution in [3.63, 3.8) is 0 Å². The highest BCUT2D eigenvalue weighted by molar-refractivity contribution is 6.28. The quantitative estimate of drug-likeness (QED) is 0.801. The molecule has 0 bridgehead atoms. The maximum atomic E-state index is 5.69. The molecule has 0 radical (unpaired) electrons. The van der Waals surface area contributed by atoms with Crippen LogP contribution in [0, 0.1) is 6.92 Å². The molecular weight excluding hydrogens is 224 g/mol. The second-order valence-corrected chi connectivity index (χ2v) is 3.82. The SMILES string of the molecule is Cc1ccc(N(C)c2cnnc(Cl)n2)cc1. The fourth-order valence-electron chi connectivity index (χ4n) is 1.34. The molecule has 2 aromatic rings. The minimum atomic E-state index is 0.150. The van der Waals surface area contributed by atoms with E-state index in [0.29, 0.717) is 5.82 Å². The molecule has 0 saturated heterocycles. The topological polar surface area (TPSA) is 41.9 Å². The minimum Gasteiger partial charge on any atom is -0.328 e. The van der Waals surface area contributed by atoms with Gasteiger partial charge in [-0.15, -0.1) is 5.10 Å². The number of halogens is 1. The van der Waals surface area contributed by atoms with Crippen LogP contribution in [0.15, 0.2) is 30.5 Å². The zero-order chi connectivity index (χ0) is 11.5. The van der Waals surface area contributed by atoms with Crippen molar-refractivity contribution in [3.8, 4) is 0 Å². The third-order valence-electron chi connectivity index (χ3n) is 2.29. The Morgan fingerprint density at radius 3 is 2.50 bits per heavy atom. The van der Waals surface area contributed by atoms with Gasteiger partial charge in [-0.3, -0.25) is 0 Å². The van der Waals surface area contributed by atoms with Gasteiger partial charge >= 0.3 is 0 Å². The van der Waals surface area contributed by atoms with Crippen LogP contribution in [0.3, 0.4) is 0 Å². The van der Waals surface area contributed by atoms with Crippen LogP contribution in [0.2, 0.25) is 5.28 Å². The lowest BCUT2D eigenvalue weighted by Gasteiger charge is -2.17. The van der Waals surface area contributed by atoms with Crippen molar-refractivity contribution < 1.29 is 0 Å². The molecule has 0 aliphatic heterocycles. The summed E-state index contributed by atoms with van der Waals surface area (Å²) < 4.78 is 0. The number of hydrogen-bond donors (Lipinski definition) is 0. The molecular formula is C11H11ClN4. The molecule has 0 N–H and O–H groups in total. The van der Waals surface area contributed by atoms with Crippen LogP contribution >= 0.6 is 11.6 Å². The molecule has 0 spiro atoms. The number of hydrogen-bond acceptors (Lipinski definition) is 4. The summed E-state index contributed by atoms with van der Waals surface area (Å²) in [5.41, 5.74) is 2.25. The Labute approximate surface area is 98.9 Å². The van der Waals surface area contributed by atoms with Crippen molar-refractivity contribution in [2.75, 3.05) is 11.9 Å². The monoisotopic (exact) mass is 234 g/mol. The van der Waals surface area contributed by atoms with Gasteiger partial charge in [-0.1, -0.05) is 17.7 Å². The molecule has 4 nitrogen and oxygen atoms in total. The van der Waals surface area contributed by atoms with Gasteiger partial charge in [0.05, 0.1) is 6.20 Å². The first kappa shape index (κ1) is 10.8. The molecule has 1 aromatic carbocycles. The van der Waals surface area contributed by atoms with Crippen molar-refractivity contribution in [2.24, 2.45) is 0 Å². The number of nitrogens with zero attached hydrogens (tertiary/aromatic N) is 4. The summed E-state index contributed by atoms with van der Waals surface area (Å²) in [6.45, 7) is 2.05. The van der Waals surface area contributed by atoms with Crippen LogP contribution in [0.1, 0.15) is 5.56 Å². The average Bonchev–Trinajstić information content (AvgIpc) is 2.29.